The molecule has 2 N–H and O–H groups in total. The predicted octanol–water partition coefficient (Wildman–Crippen LogP) is 1.36. The van der Waals surface area contributed by atoms with Gasteiger partial charge in [-0.15, -0.1) is 0 Å². The molecule has 0 spiro atoms. The predicted molar refractivity (Wildman–Crippen MR) is 65.6 cm³/mol. The fourth-order valence-corrected chi connectivity index (χ4v) is 2.29. The van der Waals surface area contributed by atoms with Gasteiger partial charge in [-0.05, 0) is 25.0 Å². The van der Waals surface area contributed by atoms with E-state index in [1.54, 1.807) is 0 Å². The molecule has 1 fully saturated rings. The number of aryl methyl sites for hydroxylation is 1. The second-order valence-corrected chi connectivity index (χ2v) is 4.67. The van der Waals surface area contributed by atoms with Crippen molar-refractivity contribution in [2.24, 2.45) is 5.92 Å². The molecular formula is C12H16N4O. The minimum absolute atomic E-state index is 0.526. The smallest absolute Gasteiger partial charge is 0.202 e. The fourth-order valence-electron chi connectivity index (χ4n) is 2.29. The first-order valence-electron chi connectivity index (χ1n) is 5.90. The van der Waals surface area contributed by atoms with Crippen molar-refractivity contribution in [3.8, 4) is 0 Å². The summed E-state index contributed by atoms with van der Waals surface area (Å²) in [4.78, 5) is 8.78. The lowest BCUT2D eigenvalue weighted by atomic mass is 10.1. The van der Waals surface area contributed by atoms with E-state index < -0.39 is 0 Å². The molecule has 3 rings (SSSR count). The van der Waals surface area contributed by atoms with Crippen LogP contribution in [0.4, 0.5) is 5.95 Å². The number of hydrogen-bond acceptors (Lipinski definition) is 4. The third-order valence-electron chi connectivity index (χ3n) is 3.22. The van der Waals surface area contributed by atoms with Crippen molar-refractivity contribution in [3.05, 3.63) is 17.8 Å². The van der Waals surface area contributed by atoms with E-state index in [9.17, 15) is 0 Å². The van der Waals surface area contributed by atoms with Crippen LogP contribution in [0.2, 0.25) is 0 Å². The summed E-state index contributed by atoms with van der Waals surface area (Å²) in [6.07, 6.45) is 2.94. The molecule has 0 amide bonds. The van der Waals surface area contributed by atoms with Crippen LogP contribution in [0.3, 0.4) is 0 Å². The van der Waals surface area contributed by atoms with Gasteiger partial charge in [-0.2, -0.15) is 0 Å². The number of pyridine rings is 1. The molecule has 1 saturated heterocycles. The highest BCUT2D eigenvalue weighted by molar-refractivity contribution is 5.74. The number of aromatic nitrogens is 3. The molecule has 1 atom stereocenters. The van der Waals surface area contributed by atoms with Gasteiger partial charge in [-0.25, -0.2) is 9.97 Å². The van der Waals surface area contributed by atoms with E-state index in [4.69, 9.17) is 10.5 Å². The van der Waals surface area contributed by atoms with Crippen molar-refractivity contribution in [1.29, 1.82) is 0 Å². The van der Waals surface area contributed by atoms with Crippen LogP contribution in [0.25, 0.3) is 11.2 Å². The number of imidazole rings is 1. The number of rotatable bonds is 2. The largest absolute Gasteiger partial charge is 0.381 e. The molecule has 2 aromatic heterocycles. The average molecular weight is 232 g/mol. The van der Waals surface area contributed by atoms with Crippen LogP contribution in [0.15, 0.2) is 12.3 Å². The molecule has 1 unspecified atom stereocenters. The fraction of sp³-hybridized carbons (Fsp3) is 0.500. The summed E-state index contributed by atoms with van der Waals surface area (Å²) < 4.78 is 7.38. The highest BCUT2D eigenvalue weighted by Gasteiger charge is 2.19. The topological polar surface area (TPSA) is 66.0 Å². The highest BCUT2D eigenvalue weighted by atomic mass is 16.5. The summed E-state index contributed by atoms with van der Waals surface area (Å²) in [6, 6.07) is 2.01. The highest BCUT2D eigenvalue weighted by Crippen LogP contribution is 2.21. The van der Waals surface area contributed by atoms with Gasteiger partial charge in [-0.1, -0.05) is 0 Å². The van der Waals surface area contributed by atoms with Gasteiger partial charge in [0.15, 0.2) is 5.65 Å². The summed E-state index contributed by atoms with van der Waals surface area (Å²) in [5.41, 5.74) is 8.81. The Morgan fingerprint density at radius 1 is 1.59 bits per heavy atom. The molecular weight excluding hydrogens is 216 g/mol. The summed E-state index contributed by atoms with van der Waals surface area (Å²) in [7, 11) is 0. The van der Waals surface area contributed by atoms with Crippen molar-refractivity contribution >= 4 is 17.1 Å². The molecule has 5 heteroatoms. The Balaban J connectivity index is 1.99. The molecule has 5 nitrogen and oxygen atoms in total. The van der Waals surface area contributed by atoms with E-state index in [1.165, 1.54) is 0 Å². The van der Waals surface area contributed by atoms with Crippen LogP contribution in [0.5, 0.6) is 0 Å². The Bertz CT molecular complexity index is 543. The van der Waals surface area contributed by atoms with Gasteiger partial charge in [-0.3, -0.25) is 4.57 Å². The van der Waals surface area contributed by atoms with Gasteiger partial charge >= 0.3 is 0 Å². The summed E-state index contributed by atoms with van der Waals surface area (Å²) >= 11 is 0. The number of nitrogen functional groups attached to an aromatic ring is 1. The minimum Gasteiger partial charge on any atom is -0.381 e. The molecule has 1 aliphatic heterocycles. The maximum Gasteiger partial charge on any atom is 0.202 e. The lowest BCUT2D eigenvalue weighted by Gasteiger charge is -2.10. The minimum atomic E-state index is 0.526. The summed E-state index contributed by atoms with van der Waals surface area (Å²) in [5.74, 6) is 1.07. The van der Waals surface area contributed by atoms with Crippen LogP contribution in [0.1, 0.15) is 12.0 Å². The van der Waals surface area contributed by atoms with Gasteiger partial charge in [0, 0.05) is 25.3 Å². The molecule has 3 heterocycles. The maximum absolute atomic E-state index is 5.95. The average Bonchev–Trinajstić information content (AvgIpc) is 2.88. The third kappa shape index (κ3) is 1.86. The first kappa shape index (κ1) is 10.5. The van der Waals surface area contributed by atoms with Gasteiger partial charge in [0.05, 0.1) is 6.61 Å². The van der Waals surface area contributed by atoms with E-state index >= 15 is 0 Å². The molecule has 0 bridgehead atoms. The SMILES string of the molecule is Cc1cnc2c(c1)nc(N)n2CC1CCOC1. The Kier molecular flexibility index (Phi) is 2.48. The van der Waals surface area contributed by atoms with Gasteiger partial charge in [0.2, 0.25) is 5.95 Å². The zero-order valence-corrected chi connectivity index (χ0v) is 9.89. The number of fused-ring (bicyclic) bond motifs is 1. The summed E-state index contributed by atoms with van der Waals surface area (Å²) in [5, 5.41) is 0. The molecule has 0 aromatic carbocycles. The van der Waals surface area contributed by atoms with E-state index in [1.807, 2.05) is 23.8 Å². The molecule has 2 aromatic rings. The van der Waals surface area contributed by atoms with E-state index in [0.29, 0.717) is 11.9 Å². The van der Waals surface area contributed by atoms with Crippen LogP contribution in [-0.4, -0.2) is 27.7 Å². The molecule has 1 aliphatic rings. The van der Waals surface area contributed by atoms with Crippen LogP contribution in [0, 0.1) is 12.8 Å². The molecule has 90 valence electrons. The van der Waals surface area contributed by atoms with Crippen molar-refractivity contribution in [3.63, 3.8) is 0 Å². The Morgan fingerprint density at radius 2 is 2.47 bits per heavy atom. The zero-order valence-electron chi connectivity index (χ0n) is 9.89. The van der Waals surface area contributed by atoms with Crippen LogP contribution >= 0.6 is 0 Å². The molecule has 17 heavy (non-hydrogen) atoms. The number of ether oxygens (including phenoxy) is 1. The van der Waals surface area contributed by atoms with Crippen molar-refractivity contribution in [2.45, 2.75) is 19.9 Å². The first-order valence-corrected chi connectivity index (χ1v) is 5.90. The molecule has 0 radical (unpaired) electrons. The number of hydrogen-bond donors (Lipinski definition) is 1. The Hall–Kier alpha value is -1.62. The lowest BCUT2D eigenvalue weighted by molar-refractivity contribution is 0.183. The Morgan fingerprint density at radius 3 is 3.24 bits per heavy atom. The second-order valence-electron chi connectivity index (χ2n) is 4.67. The Labute approximate surface area is 99.6 Å². The standard InChI is InChI=1S/C12H16N4O/c1-8-4-10-11(14-5-8)16(12(13)15-10)6-9-2-3-17-7-9/h4-5,9H,2-3,6-7H2,1H3,(H2,13,15). The van der Waals surface area contributed by atoms with Crippen LogP contribution < -0.4 is 5.73 Å². The van der Waals surface area contributed by atoms with Crippen LogP contribution in [-0.2, 0) is 11.3 Å². The van der Waals surface area contributed by atoms with Crippen molar-refractivity contribution in [1.82, 2.24) is 14.5 Å². The normalized spacial score (nSPS) is 20.2. The van der Waals surface area contributed by atoms with Crippen molar-refractivity contribution < 1.29 is 4.74 Å². The monoisotopic (exact) mass is 232 g/mol. The summed E-state index contributed by atoms with van der Waals surface area (Å²) in [6.45, 7) is 4.51. The molecule has 0 saturated carbocycles. The van der Waals surface area contributed by atoms with E-state index in [-0.39, 0.29) is 0 Å². The van der Waals surface area contributed by atoms with Crippen molar-refractivity contribution in [2.75, 3.05) is 18.9 Å². The number of anilines is 1. The van der Waals surface area contributed by atoms with Gasteiger partial charge in [0.1, 0.15) is 5.52 Å². The van der Waals surface area contributed by atoms with Gasteiger partial charge in [0.25, 0.3) is 0 Å². The number of nitrogens with two attached hydrogens (primary N) is 1. The number of nitrogens with zero attached hydrogens (tertiary/aromatic N) is 3. The van der Waals surface area contributed by atoms with E-state index in [2.05, 4.69) is 9.97 Å². The van der Waals surface area contributed by atoms with Gasteiger partial charge < -0.3 is 10.5 Å². The second kappa shape index (κ2) is 4.00. The zero-order chi connectivity index (χ0) is 11.8. The molecule has 0 aliphatic carbocycles. The van der Waals surface area contributed by atoms with E-state index in [0.717, 1.165) is 42.9 Å². The quantitative estimate of drug-likeness (QED) is 0.849. The first-order chi connectivity index (χ1) is 8.24. The lowest BCUT2D eigenvalue weighted by Crippen LogP contribution is -2.13. The third-order valence-corrected chi connectivity index (χ3v) is 3.22. The maximum atomic E-state index is 5.95.